The third-order valence-corrected chi connectivity index (χ3v) is 7.11. The van der Waals surface area contributed by atoms with Gasteiger partial charge < -0.3 is 14.4 Å². The maximum Gasteiger partial charge on any atom is 0.267 e. The molecule has 1 fully saturated rings. The molecule has 1 atom stereocenters. The zero-order valence-electron chi connectivity index (χ0n) is 16.5. The lowest BCUT2D eigenvalue weighted by Gasteiger charge is -2.29. The van der Waals surface area contributed by atoms with Crippen LogP contribution in [-0.4, -0.2) is 52.1 Å². The van der Waals surface area contributed by atoms with E-state index in [9.17, 15) is 13.2 Å². The van der Waals surface area contributed by atoms with E-state index < -0.39 is 16.1 Å². The monoisotopic (exact) mass is 416 g/mol. The number of carbonyl (C=O) groups excluding carboxylic acids is 1. The van der Waals surface area contributed by atoms with E-state index in [4.69, 9.17) is 9.47 Å². The Balaban J connectivity index is 1.54. The summed E-state index contributed by atoms with van der Waals surface area (Å²) in [5.41, 5.74) is 1.62. The molecule has 8 heteroatoms. The van der Waals surface area contributed by atoms with Gasteiger partial charge in [0.05, 0.1) is 10.6 Å². The zero-order valence-corrected chi connectivity index (χ0v) is 17.3. The van der Waals surface area contributed by atoms with Gasteiger partial charge in [-0.15, -0.1) is 0 Å². The largest absolute Gasteiger partial charge is 0.485 e. The van der Waals surface area contributed by atoms with Gasteiger partial charge in [0, 0.05) is 26.2 Å². The molecule has 2 aromatic carbocycles. The van der Waals surface area contributed by atoms with E-state index in [-0.39, 0.29) is 17.4 Å². The number of hydrogen-bond donors (Lipinski definition) is 0. The molecule has 7 nitrogen and oxygen atoms in total. The van der Waals surface area contributed by atoms with Gasteiger partial charge in [-0.3, -0.25) is 9.10 Å². The molecule has 0 bridgehead atoms. The van der Waals surface area contributed by atoms with Crippen molar-refractivity contribution in [3.8, 4) is 11.5 Å². The van der Waals surface area contributed by atoms with Crippen LogP contribution in [0.15, 0.2) is 47.4 Å². The van der Waals surface area contributed by atoms with Crippen LogP contribution >= 0.6 is 0 Å². The van der Waals surface area contributed by atoms with Crippen molar-refractivity contribution in [1.82, 2.24) is 4.90 Å². The average molecular weight is 416 g/mol. The quantitative estimate of drug-likeness (QED) is 0.766. The van der Waals surface area contributed by atoms with Crippen molar-refractivity contribution < 1.29 is 22.7 Å². The topological polar surface area (TPSA) is 76.2 Å². The highest BCUT2D eigenvalue weighted by molar-refractivity contribution is 7.92. The summed E-state index contributed by atoms with van der Waals surface area (Å²) < 4.78 is 38.8. The number of ether oxygens (including phenoxy) is 2. The second-order valence-electron chi connectivity index (χ2n) is 7.37. The molecule has 0 saturated carbocycles. The lowest BCUT2D eigenvalue weighted by molar-refractivity contribution is -0.140. The van der Waals surface area contributed by atoms with Crippen LogP contribution in [-0.2, 0) is 14.8 Å². The summed E-state index contributed by atoms with van der Waals surface area (Å²) in [7, 11) is -2.24. The van der Waals surface area contributed by atoms with E-state index in [0.29, 0.717) is 17.2 Å². The lowest BCUT2D eigenvalue weighted by Crippen LogP contribution is -2.45. The van der Waals surface area contributed by atoms with Crippen molar-refractivity contribution in [3.05, 3.63) is 48.0 Å². The standard InChI is InChI=1S/C21H24N2O5S/c1-15-5-7-16(8-6-15)22(2)29(25,26)17-9-10-18-19(13-17)27-14-20(28-18)21(24)23-11-3-4-12-23/h5-10,13,20H,3-4,11-12,14H2,1-2H3/t20-/m1/s1. The molecule has 29 heavy (non-hydrogen) atoms. The average Bonchev–Trinajstić information content (AvgIpc) is 3.27. The second kappa shape index (κ2) is 7.59. The van der Waals surface area contributed by atoms with Crippen molar-refractivity contribution in [1.29, 1.82) is 0 Å². The molecular weight excluding hydrogens is 392 g/mol. The molecule has 0 aliphatic carbocycles. The van der Waals surface area contributed by atoms with Gasteiger partial charge in [-0.25, -0.2) is 8.42 Å². The van der Waals surface area contributed by atoms with Crippen molar-refractivity contribution in [2.75, 3.05) is 31.0 Å². The van der Waals surface area contributed by atoms with Crippen LogP contribution in [0.1, 0.15) is 18.4 Å². The van der Waals surface area contributed by atoms with E-state index in [1.54, 1.807) is 23.1 Å². The minimum atomic E-state index is -3.76. The number of hydrogen-bond acceptors (Lipinski definition) is 5. The number of amides is 1. The summed E-state index contributed by atoms with van der Waals surface area (Å²) >= 11 is 0. The molecule has 0 N–H and O–H groups in total. The Labute approximate surface area is 170 Å². The minimum Gasteiger partial charge on any atom is -0.485 e. The number of fused-ring (bicyclic) bond motifs is 1. The molecule has 0 spiro atoms. The maximum atomic E-state index is 13.0. The third kappa shape index (κ3) is 3.76. The predicted molar refractivity (Wildman–Crippen MR) is 109 cm³/mol. The second-order valence-corrected chi connectivity index (χ2v) is 9.34. The number of likely N-dealkylation sites (tertiary alicyclic amines) is 1. The van der Waals surface area contributed by atoms with Crippen molar-refractivity contribution in [2.24, 2.45) is 0 Å². The molecule has 1 amide bonds. The minimum absolute atomic E-state index is 0.0691. The van der Waals surface area contributed by atoms with Crippen LogP contribution in [0, 0.1) is 6.92 Å². The van der Waals surface area contributed by atoms with Gasteiger partial charge in [0.2, 0.25) is 6.10 Å². The number of rotatable bonds is 4. The third-order valence-electron chi connectivity index (χ3n) is 5.32. The van der Waals surface area contributed by atoms with E-state index in [1.165, 1.54) is 23.5 Å². The van der Waals surface area contributed by atoms with E-state index in [1.807, 2.05) is 19.1 Å². The molecule has 2 aliphatic rings. The predicted octanol–water partition coefficient (Wildman–Crippen LogP) is 2.58. The number of sulfonamides is 1. The van der Waals surface area contributed by atoms with Gasteiger partial charge in [-0.1, -0.05) is 17.7 Å². The summed E-state index contributed by atoms with van der Waals surface area (Å²) in [6.07, 6.45) is 1.32. The highest BCUT2D eigenvalue weighted by Crippen LogP contribution is 2.35. The van der Waals surface area contributed by atoms with Crippen LogP contribution in [0.5, 0.6) is 11.5 Å². The Bertz CT molecular complexity index is 1010. The lowest BCUT2D eigenvalue weighted by atomic mass is 10.2. The first-order valence-electron chi connectivity index (χ1n) is 9.64. The van der Waals surface area contributed by atoms with Gasteiger partial charge in [-0.2, -0.15) is 0 Å². The van der Waals surface area contributed by atoms with Crippen LogP contribution < -0.4 is 13.8 Å². The number of carbonyl (C=O) groups is 1. The summed E-state index contributed by atoms with van der Waals surface area (Å²) in [6.45, 7) is 3.50. The van der Waals surface area contributed by atoms with Gasteiger partial charge >= 0.3 is 0 Å². The Hall–Kier alpha value is -2.74. The fraction of sp³-hybridized carbons (Fsp3) is 0.381. The summed E-state index contributed by atoms with van der Waals surface area (Å²) in [4.78, 5) is 14.4. The van der Waals surface area contributed by atoms with Crippen LogP contribution in [0.3, 0.4) is 0 Å². The fourth-order valence-corrected chi connectivity index (χ4v) is 4.74. The molecule has 2 aromatic rings. The van der Waals surface area contributed by atoms with Crippen LogP contribution in [0.25, 0.3) is 0 Å². The van der Waals surface area contributed by atoms with E-state index in [0.717, 1.165) is 31.5 Å². The highest BCUT2D eigenvalue weighted by Gasteiger charge is 2.33. The Morgan fingerprint density at radius 3 is 2.45 bits per heavy atom. The van der Waals surface area contributed by atoms with Gasteiger partial charge in [-0.05, 0) is 44.0 Å². The first-order chi connectivity index (χ1) is 13.9. The number of anilines is 1. The number of nitrogens with zero attached hydrogens (tertiary/aromatic N) is 2. The summed E-state index contributed by atoms with van der Waals surface area (Å²) in [5.74, 6) is 0.628. The molecule has 154 valence electrons. The molecule has 0 unspecified atom stereocenters. The number of benzene rings is 2. The van der Waals surface area contributed by atoms with Gasteiger partial charge in [0.1, 0.15) is 6.61 Å². The normalized spacial score (nSPS) is 18.6. The summed E-state index contributed by atoms with van der Waals surface area (Å²) in [5, 5.41) is 0. The Kier molecular flexibility index (Phi) is 5.12. The van der Waals surface area contributed by atoms with Crippen molar-refractivity contribution >= 4 is 21.6 Å². The summed E-state index contributed by atoms with van der Waals surface area (Å²) in [6, 6.07) is 11.7. The van der Waals surface area contributed by atoms with Crippen molar-refractivity contribution in [3.63, 3.8) is 0 Å². The molecule has 0 aromatic heterocycles. The maximum absolute atomic E-state index is 13.0. The highest BCUT2D eigenvalue weighted by atomic mass is 32.2. The van der Waals surface area contributed by atoms with E-state index in [2.05, 4.69) is 0 Å². The fourth-order valence-electron chi connectivity index (χ4n) is 3.53. The van der Waals surface area contributed by atoms with Crippen molar-refractivity contribution in [2.45, 2.75) is 30.8 Å². The Morgan fingerprint density at radius 1 is 1.07 bits per heavy atom. The Morgan fingerprint density at radius 2 is 1.76 bits per heavy atom. The molecule has 2 aliphatic heterocycles. The first-order valence-corrected chi connectivity index (χ1v) is 11.1. The molecule has 2 heterocycles. The molecular formula is C21H24N2O5S. The SMILES string of the molecule is Cc1ccc(N(C)S(=O)(=O)c2ccc3c(c2)OC[C@H](C(=O)N2CCCC2)O3)cc1. The first kappa shape index (κ1) is 19.6. The van der Waals surface area contributed by atoms with E-state index >= 15 is 0 Å². The zero-order chi connectivity index (χ0) is 20.6. The van der Waals surface area contributed by atoms with Crippen LogP contribution in [0.4, 0.5) is 5.69 Å². The van der Waals surface area contributed by atoms with Gasteiger partial charge in [0.15, 0.2) is 11.5 Å². The number of aryl methyl sites for hydroxylation is 1. The molecule has 0 radical (unpaired) electrons. The molecule has 1 saturated heterocycles. The molecule has 4 rings (SSSR count). The smallest absolute Gasteiger partial charge is 0.267 e. The van der Waals surface area contributed by atoms with Gasteiger partial charge in [0.25, 0.3) is 15.9 Å². The van der Waals surface area contributed by atoms with Crippen LogP contribution in [0.2, 0.25) is 0 Å².